The molecule has 120 valence electrons. The minimum Gasteiger partial charge on any atom is -0.376 e. The van der Waals surface area contributed by atoms with E-state index in [1.165, 1.54) is 12.1 Å². The highest BCUT2D eigenvalue weighted by Gasteiger charge is 2.13. The predicted molar refractivity (Wildman–Crippen MR) is 86.1 cm³/mol. The van der Waals surface area contributed by atoms with Crippen LogP contribution in [0.25, 0.3) is 0 Å². The maximum Gasteiger partial charge on any atom is 0.274 e. The highest BCUT2D eigenvalue weighted by atomic mass is 19.1. The van der Waals surface area contributed by atoms with E-state index in [0.717, 1.165) is 0 Å². The molecule has 2 N–H and O–H groups in total. The zero-order valence-corrected chi connectivity index (χ0v) is 12.7. The van der Waals surface area contributed by atoms with Gasteiger partial charge in [-0.1, -0.05) is 12.1 Å². The molecule has 0 fully saturated rings. The Morgan fingerprint density at radius 2 is 2.00 bits per heavy atom. The van der Waals surface area contributed by atoms with Crippen molar-refractivity contribution >= 4 is 23.0 Å². The van der Waals surface area contributed by atoms with Gasteiger partial charge in [0.25, 0.3) is 5.69 Å². The maximum absolute atomic E-state index is 13.4. The zero-order valence-electron chi connectivity index (χ0n) is 12.7. The lowest BCUT2D eigenvalue weighted by molar-refractivity contribution is -0.385. The van der Waals surface area contributed by atoms with Gasteiger partial charge in [0.05, 0.1) is 11.5 Å². The number of hydrogen-bond donors (Lipinski definition) is 2. The van der Waals surface area contributed by atoms with E-state index >= 15 is 0 Å². The number of nitrogens with one attached hydrogen (secondary N) is 2. The standard InChI is InChI=1S/C16H16FN3O3/c1-10-6-7-12(8-13(10)17)19-16(21)9-18-14-4-3-5-15(11(14)2)20(22)23/h3-8,18H,9H2,1-2H3,(H,19,21). The number of benzene rings is 2. The van der Waals surface area contributed by atoms with Crippen LogP contribution in [0.3, 0.4) is 0 Å². The number of nitrogens with zero attached hydrogens (tertiary/aromatic N) is 1. The zero-order chi connectivity index (χ0) is 17.0. The summed E-state index contributed by atoms with van der Waals surface area (Å²) in [5, 5.41) is 16.3. The Bertz CT molecular complexity index is 762. The molecule has 0 aliphatic carbocycles. The first kappa shape index (κ1) is 16.4. The van der Waals surface area contributed by atoms with Crippen molar-refractivity contribution in [3.8, 4) is 0 Å². The Hall–Kier alpha value is -2.96. The van der Waals surface area contributed by atoms with Crippen LogP contribution < -0.4 is 10.6 Å². The Morgan fingerprint density at radius 3 is 2.65 bits per heavy atom. The van der Waals surface area contributed by atoms with Crippen LogP contribution in [0.4, 0.5) is 21.5 Å². The second kappa shape index (κ2) is 6.87. The summed E-state index contributed by atoms with van der Waals surface area (Å²) in [5.41, 5.74) is 1.79. The lowest BCUT2D eigenvalue weighted by Gasteiger charge is -2.10. The van der Waals surface area contributed by atoms with Crippen LogP contribution >= 0.6 is 0 Å². The third kappa shape index (κ3) is 4.03. The summed E-state index contributed by atoms with van der Waals surface area (Å²) >= 11 is 0. The number of nitro benzene ring substituents is 1. The first-order valence-corrected chi connectivity index (χ1v) is 6.92. The van der Waals surface area contributed by atoms with Gasteiger partial charge in [0.2, 0.25) is 5.91 Å². The molecule has 2 aromatic carbocycles. The quantitative estimate of drug-likeness (QED) is 0.654. The van der Waals surface area contributed by atoms with Crippen LogP contribution in [0.1, 0.15) is 11.1 Å². The molecule has 0 heterocycles. The number of carbonyl (C=O) groups excluding carboxylic acids is 1. The number of carbonyl (C=O) groups is 1. The highest BCUT2D eigenvalue weighted by molar-refractivity contribution is 5.93. The molecule has 0 saturated heterocycles. The van der Waals surface area contributed by atoms with Crippen molar-refractivity contribution in [2.75, 3.05) is 17.2 Å². The van der Waals surface area contributed by atoms with E-state index in [0.29, 0.717) is 22.5 Å². The summed E-state index contributed by atoms with van der Waals surface area (Å²) in [6.45, 7) is 3.15. The van der Waals surface area contributed by atoms with Crippen molar-refractivity contribution in [1.29, 1.82) is 0 Å². The van der Waals surface area contributed by atoms with Crippen molar-refractivity contribution in [1.82, 2.24) is 0 Å². The minimum absolute atomic E-state index is 0.0176. The molecule has 0 unspecified atom stereocenters. The van der Waals surface area contributed by atoms with Crippen molar-refractivity contribution < 1.29 is 14.1 Å². The molecule has 6 nitrogen and oxygen atoms in total. The summed E-state index contributed by atoms with van der Waals surface area (Å²) in [7, 11) is 0. The van der Waals surface area contributed by atoms with Crippen LogP contribution in [-0.2, 0) is 4.79 Å². The van der Waals surface area contributed by atoms with Crippen LogP contribution in [-0.4, -0.2) is 17.4 Å². The highest BCUT2D eigenvalue weighted by Crippen LogP contribution is 2.24. The summed E-state index contributed by atoms with van der Waals surface area (Å²) in [6, 6.07) is 9.02. The number of rotatable bonds is 5. The lowest BCUT2D eigenvalue weighted by Crippen LogP contribution is -2.22. The molecule has 2 rings (SSSR count). The van der Waals surface area contributed by atoms with E-state index in [2.05, 4.69) is 10.6 Å². The number of amides is 1. The number of anilines is 2. The van der Waals surface area contributed by atoms with Gasteiger partial charge in [-0.15, -0.1) is 0 Å². The van der Waals surface area contributed by atoms with Gasteiger partial charge in [-0.25, -0.2) is 4.39 Å². The van der Waals surface area contributed by atoms with E-state index in [1.807, 2.05) is 0 Å². The van der Waals surface area contributed by atoms with Gasteiger partial charge < -0.3 is 10.6 Å². The molecule has 23 heavy (non-hydrogen) atoms. The van der Waals surface area contributed by atoms with Gasteiger partial charge in [0.1, 0.15) is 5.82 Å². The average Bonchev–Trinajstić information content (AvgIpc) is 2.49. The normalized spacial score (nSPS) is 10.2. The summed E-state index contributed by atoms with van der Waals surface area (Å²) in [6.07, 6.45) is 0. The van der Waals surface area contributed by atoms with E-state index in [9.17, 15) is 19.3 Å². The van der Waals surface area contributed by atoms with E-state index < -0.39 is 10.7 Å². The summed E-state index contributed by atoms with van der Waals surface area (Å²) in [5.74, 6) is -0.774. The molecule has 7 heteroatoms. The molecule has 0 spiro atoms. The van der Waals surface area contributed by atoms with Gasteiger partial charge in [0, 0.05) is 23.0 Å². The Labute approximate surface area is 132 Å². The van der Waals surface area contributed by atoms with Crippen LogP contribution in [0.15, 0.2) is 36.4 Å². The smallest absolute Gasteiger partial charge is 0.274 e. The van der Waals surface area contributed by atoms with Crippen LogP contribution in [0, 0.1) is 29.8 Å². The topological polar surface area (TPSA) is 84.3 Å². The fraction of sp³-hybridized carbons (Fsp3) is 0.188. The second-order valence-corrected chi connectivity index (χ2v) is 5.07. The number of aryl methyl sites for hydroxylation is 1. The molecule has 0 radical (unpaired) electrons. The average molecular weight is 317 g/mol. The van der Waals surface area contributed by atoms with E-state index in [4.69, 9.17) is 0 Å². The molecular weight excluding hydrogens is 301 g/mol. The van der Waals surface area contributed by atoms with E-state index in [1.54, 1.807) is 38.1 Å². The molecule has 0 bridgehead atoms. The molecule has 0 aromatic heterocycles. The fourth-order valence-corrected chi connectivity index (χ4v) is 2.06. The van der Waals surface area contributed by atoms with Gasteiger partial charge in [-0.2, -0.15) is 0 Å². The van der Waals surface area contributed by atoms with Gasteiger partial charge >= 0.3 is 0 Å². The SMILES string of the molecule is Cc1ccc(NC(=O)CNc2cccc([N+](=O)[O-])c2C)cc1F. The predicted octanol–water partition coefficient (Wildman–Crippen LogP) is 3.40. The largest absolute Gasteiger partial charge is 0.376 e. The molecule has 0 aliphatic heterocycles. The molecular formula is C16H16FN3O3. The third-order valence-electron chi connectivity index (χ3n) is 3.40. The Kier molecular flexibility index (Phi) is 4.90. The fourth-order valence-electron chi connectivity index (χ4n) is 2.06. The Morgan fingerprint density at radius 1 is 1.26 bits per heavy atom. The molecule has 0 atom stereocenters. The second-order valence-electron chi connectivity index (χ2n) is 5.07. The first-order chi connectivity index (χ1) is 10.9. The lowest BCUT2D eigenvalue weighted by atomic mass is 10.1. The van der Waals surface area contributed by atoms with E-state index in [-0.39, 0.29) is 18.1 Å². The van der Waals surface area contributed by atoms with Gasteiger partial charge in [0.15, 0.2) is 0 Å². The first-order valence-electron chi connectivity index (χ1n) is 6.92. The number of nitro groups is 1. The van der Waals surface area contributed by atoms with Crippen LogP contribution in [0.2, 0.25) is 0 Å². The minimum atomic E-state index is -0.477. The number of halogens is 1. The molecule has 0 saturated carbocycles. The Balaban J connectivity index is 2.00. The summed E-state index contributed by atoms with van der Waals surface area (Å²) < 4.78 is 13.4. The van der Waals surface area contributed by atoms with Crippen molar-refractivity contribution in [2.24, 2.45) is 0 Å². The number of hydrogen-bond acceptors (Lipinski definition) is 4. The molecule has 1 amide bonds. The molecule has 2 aromatic rings. The molecule has 0 aliphatic rings. The van der Waals surface area contributed by atoms with Gasteiger partial charge in [-0.3, -0.25) is 14.9 Å². The monoisotopic (exact) mass is 317 g/mol. The van der Waals surface area contributed by atoms with Crippen molar-refractivity contribution in [3.05, 3.63) is 63.5 Å². The summed E-state index contributed by atoms with van der Waals surface area (Å²) in [4.78, 5) is 22.3. The third-order valence-corrected chi connectivity index (χ3v) is 3.40. The van der Waals surface area contributed by atoms with Gasteiger partial charge in [-0.05, 0) is 37.6 Å². The maximum atomic E-state index is 13.4. The van der Waals surface area contributed by atoms with Crippen molar-refractivity contribution in [2.45, 2.75) is 13.8 Å². The van der Waals surface area contributed by atoms with Crippen LogP contribution in [0.5, 0.6) is 0 Å². The van der Waals surface area contributed by atoms with Crippen molar-refractivity contribution in [3.63, 3.8) is 0 Å².